The normalized spacial score (nSPS) is 13.8. The number of carbonyl (C=O) groups is 1. The van der Waals surface area contributed by atoms with Crippen molar-refractivity contribution in [3.05, 3.63) is 71.3 Å². The predicted octanol–water partition coefficient (Wildman–Crippen LogP) is 7.51. The van der Waals surface area contributed by atoms with E-state index < -0.39 is 29.4 Å². The summed E-state index contributed by atoms with van der Waals surface area (Å²) in [6.07, 6.45) is -5.08. The fourth-order valence-corrected chi connectivity index (χ4v) is 2.92. The summed E-state index contributed by atoms with van der Waals surface area (Å²) in [4.78, 5) is 11.1. The molecule has 3 rings (SSSR count). The van der Waals surface area contributed by atoms with Crippen LogP contribution in [0.1, 0.15) is 56.7 Å². The zero-order chi connectivity index (χ0) is 25.5. The highest BCUT2D eigenvalue weighted by Gasteiger charge is 2.33. The molecule has 1 saturated heterocycles. The molecule has 0 radical (unpaired) electrons. The van der Waals surface area contributed by atoms with E-state index in [1.807, 2.05) is 13.8 Å². The van der Waals surface area contributed by atoms with Crippen LogP contribution in [0.2, 0.25) is 0 Å². The number of rotatable bonds is 2. The van der Waals surface area contributed by atoms with Gasteiger partial charge in [0.2, 0.25) is 0 Å². The summed E-state index contributed by atoms with van der Waals surface area (Å²) in [7, 11) is 0. The van der Waals surface area contributed by atoms with Crippen LogP contribution in [0, 0.1) is 0 Å². The lowest BCUT2D eigenvalue weighted by atomic mass is 10.0. The number of halogens is 6. The molecule has 33 heavy (non-hydrogen) atoms. The van der Waals surface area contributed by atoms with Crippen molar-refractivity contribution in [2.45, 2.75) is 58.9 Å². The minimum atomic E-state index is -4.24. The van der Waals surface area contributed by atoms with E-state index in [0.717, 1.165) is 45.0 Å². The number of hydrogen-bond donors (Lipinski definition) is 1. The predicted molar refractivity (Wildman–Crippen MR) is 117 cm³/mol. The van der Waals surface area contributed by atoms with Gasteiger partial charge < -0.3 is 5.11 Å². The highest BCUT2D eigenvalue weighted by molar-refractivity contribution is 5.62. The highest BCUT2D eigenvalue weighted by atomic mass is 19.4. The summed E-state index contributed by atoms with van der Waals surface area (Å²) in [5, 5.41) is 7.42. The van der Waals surface area contributed by atoms with Crippen LogP contribution in [0.15, 0.2) is 54.6 Å². The fourth-order valence-electron chi connectivity index (χ4n) is 2.92. The first kappa shape index (κ1) is 30.4. The third-order valence-corrected chi connectivity index (χ3v) is 4.27. The van der Waals surface area contributed by atoms with Gasteiger partial charge in [0.15, 0.2) is 0 Å². The smallest absolute Gasteiger partial charge is 0.416 e. The third kappa shape index (κ3) is 13.6. The van der Waals surface area contributed by atoms with E-state index in [9.17, 15) is 26.3 Å². The van der Waals surface area contributed by atoms with Crippen LogP contribution >= 0.6 is 0 Å². The first-order chi connectivity index (χ1) is 15.4. The van der Waals surface area contributed by atoms with Crippen LogP contribution in [0.3, 0.4) is 0 Å². The lowest BCUT2D eigenvalue weighted by Gasteiger charge is -2.27. The fraction of sp³-hybridized carbons (Fsp3) is 0.458. The molecule has 1 aliphatic heterocycles. The molecule has 0 aromatic heterocycles. The Labute approximate surface area is 191 Å². The maximum Gasteiger partial charge on any atom is 0.416 e. The minimum Gasteiger partial charge on any atom is -0.481 e. The van der Waals surface area contributed by atoms with Crippen molar-refractivity contribution in [1.82, 2.24) is 4.90 Å². The molecular weight excluding hydrogens is 448 g/mol. The number of carboxylic acid groups (broad SMARTS) is 1. The van der Waals surface area contributed by atoms with Gasteiger partial charge in [0, 0.05) is 13.5 Å². The quantitative estimate of drug-likeness (QED) is 0.453. The van der Waals surface area contributed by atoms with E-state index in [1.165, 1.54) is 30.7 Å². The largest absolute Gasteiger partial charge is 0.481 e. The monoisotopic (exact) mass is 479 g/mol. The molecule has 1 N–H and O–H groups in total. The van der Waals surface area contributed by atoms with E-state index in [1.54, 1.807) is 18.2 Å². The Hall–Kier alpha value is -2.55. The highest BCUT2D eigenvalue weighted by Crippen LogP contribution is 2.32. The standard InChI is InChI=1S/C13H16F3N.C7H5F3.C2H4O2.C2H6/c14-13(15,16)12-7-3-2-6-11(12)10-17-8-4-1-5-9-17;8-7(9,10)6-4-2-1-3-5-6;1-2(3)4;1-2/h2-3,6-7H,1,4-5,8-10H2;1-5H;1H3,(H,3,4);1-2H3. The van der Waals surface area contributed by atoms with Crippen LogP contribution in [-0.4, -0.2) is 29.1 Å². The molecule has 1 fully saturated rings. The average Bonchev–Trinajstić information content (AvgIpc) is 2.76. The van der Waals surface area contributed by atoms with Gasteiger partial charge in [-0.1, -0.05) is 68.8 Å². The lowest BCUT2D eigenvalue weighted by Crippen LogP contribution is -2.30. The van der Waals surface area contributed by atoms with Gasteiger partial charge >= 0.3 is 12.4 Å². The van der Waals surface area contributed by atoms with Crippen molar-refractivity contribution in [3.63, 3.8) is 0 Å². The summed E-state index contributed by atoms with van der Waals surface area (Å²) in [6.45, 7) is 7.31. The zero-order valence-corrected chi connectivity index (χ0v) is 19.0. The van der Waals surface area contributed by atoms with Crippen LogP contribution in [0.4, 0.5) is 26.3 Å². The van der Waals surface area contributed by atoms with E-state index in [2.05, 4.69) is 4.90 Å². The molecule has 9 heteroatoms. The molecule has 1 heterocycles. The van der Waals surface area contributed by atoms with E-state index in [0.29, 0.717) is 12.1 Å². The molecule has 2 aromatic rings. The molecule has 0 atom stereocenters. The number of likely N-dealkylation sites (tertiary alicyclic amines) is 1. The van der Waals surface area contributed by atoms with Gasteiger partial charge in [0.05, 0.1) is 11.1 Å². The van der Waals surface area contributed by atoms with Crippen molar-refractivity contribution >= 4 is 5.97 Å². The van der Waals surface area contributed by atoms with Crippen LogP contribution in [0.25, 0.3) is 0 Å². The Morgan fingerprint density at radius 1 is 0.818 bits per heavy atom. The van der Waals surface area contributed by atoms with Crippen molar-refractivity contribution < 1.29 is 36.2 Å². The van der Waals surface area contributed by atoms with Crippen molar-refractivity contribution in [2.75, 3.05) is 13.1 Å². The summed E-state index contributed by atoms with van der Waals surface area (Å²) in [6, 6.07) is 12.2. The summed E-state index contributed by atoms with van der Waals surface area (Å²) in [5.41, 5.74) is -0.706. The maximum absolute atomic E-state index is 12.8. The summed E-state index contributed by atoms with van der Waals surface area (Å²) in [5.74, 6) is -0.833. The molecule has 2 aromatic carbocycles. The molecule has 0 aliphatic carbocycles. The van der Waals surface area contributed by atoms with Gasteiger partial charge in [-0.25, -0.2) is 0 Å². The molecule has 3 nitrogen and oxygen atoms in total. The number of aliphatic carboxylic acids is 1. The van der Waals surface area contributed by atoms with Gasteiger partial charge in [-0.15, -0.1) is 0 Å². The maximum atomic E-state index is 12.8. The minimum absolute atomic E-state index is 0.391. The molecular formula is C24H31F6NO2. The first-order valence-electron chi connectivity index (χ1n) is 10.6. The Morgan fingerprint density at radius 3 is 1.70 bits per heavy atom. The Bertz CT molecular complexity index is 782. The second kappa shape index (κ2) is 15.3. The van der Waals surface area contributed by atoms with Gasteiger partial charge in [-0.05, 0) is 37.6 Å². The molecule has 186 valence electrons. The van der Waals surface area contributed by atoms with E-state index in [-0.39, 0.29) is 0 Å². The summed E-state index contributed by atoms with van der Waals surface area (Å²) < 4.78 is 73.7. The molecule has 0 spiro atoms. The Balaban J connectivity index is 0.000000543. The zero-order valence-electron chi connectivity index (χ0n) is 19.0. The van der Waals surface area contributed by atoms with Crippen LogP contribution < -0.4 is 0 Å². The topological polar surface area (TPSA) is 40.5 Å². The van der Waals surface area contributed by atoms with Gasteiger partial charge in [-0.2, -0.15) is 26.3 Å². The van der Waals surface area contributed by atoms with Crippen LogP contribution in [-0.2, 0) is 23.7 Å². The molecule has 0 amide bonds. The number of carboxylic acids is 1. The lowest BCUT2D eigenvalue weighted by molar-refractivity contribution is -0.139. The molecule has 1 aliphatic rings. The van der Waals surface area contributed by atoms with E-state index in [4.69, 9.17) is 9.90 Å². The average molecular weight is 480 g/mol. The number of hydrogen-bond acceptors (Lipinski definition) is 2. The van der Waals surface area contributed by atoms with E-state index >= 15 is 0 Å². The SMILES string of the molecule is CC.CC(=O)O.FC(F)(F)c1ccccc1.FC(F)(F)c1ccccc1CN1CCCCC1. The molecule has 0 bridgehead atoms. The molecule has 0 unspecified atom stereocenters. The second-order valence-corrected chi connectivity index (χ2v) is 6.87. The molecule has 0 saturated carbocycles. The number of benzene rings is 2. The number of nitrogens with zero attached hydrogens (tertiary/aromatic N) is 1. The summed E-state index contributed by atoms with van der Waals surface area (Å²) >= 11 is 0. The van der Waals surface area contributed by atoms with Crippen molar-refractivity contribution in [2.24, 2.45) is 0 Å². The van der Waals surface area contributed by atoms with Crippen LogP contribution in [0.5, 0.6) is 0 Å². The number of alkyl halides is 6. The van der Waals surface area contributed by atoms with Gasteiger partial charge in [0.25, 0.3) is 5.97 Å². The Morgan fingerprint density at radius 2 is 1.27 bits per heavy atom. The van der Waals surface area contributed by atoms with Gasteiger partial charge in [0.1, 0.15) is 0 Å². The third-order valence-electron chi connectivity index (χ3n) is 4.27. The first-order valence-corrected chi connectivity index (χ1v) is 10.6. The van der Waals surface area contributed by atoms with Crippen molar-refractivity contribution in [1.29, 1.82) is 0 Å². The van der Waals surface area contributed by atoms with Gasteiger partial charge in [-0.3, -0.25) is 9.69 Å². The Kier molecular flexibility index (Phi) is 14.1. The van der Waals surface area contributed by atoms with Crippen molar-refractivity contribution in [3.8, 4) is 0 Å². The second-order valence-electron chi connectivity index (χ2n) is 6.87. The number of piperidine rings is 1.